The fraction of sp³-hybridized carbons (Fsp3) is 0.652. The number of ether oxygens (including phenoxy) is 2. The molecule has 0 N–H and O–H groups in total. The number of methoxy groups -OCH3 is 1. The molecular weight excluding hydrogens is 370 g/mol. The maximum atomic E-state index is 13.2. The molecule has 1 aromatic rings. The fourth-order valence-electron chi connectivity index (χ4n) is 6.32. The van der Waals surface area contributed by atoms with E-state index >= 15 is 0 Å². The van der Waals surface area contributed by atoms with Crippen molar-refractivity contribution >= 4 is 11.6 Å². The third-order valence-corrected chi connectivity index (χ3v) is 7.66. The molecule has 156 valence electrons. The van der Waals surface area contributed by atoms with E-state index in [4.69, 9.17) is 14.3 Å². The topological polar surface area (TPSA) is 65.1 Å². The summed E-state index contributed by atoms with van der Waals surface area (Å²) in [5.41, 5.74) is -0.447. The molecule has 0 unspecified atom stereocenters. The van der Waals surface area contributed by atoms with Crippen LogP contribution in [0.4, 0.5) is 0 Å². The Morgan fingerprint density at radius 2 is 1.93 bits per heavy atom. The Bertz CT molecular complexity index is 808. The van der Waals surface area contributed by atoms with Gasteiger partial charge in [0.05, 0.1) is 19.1 Å². The van der Waals surface area contributed by atoms with E-state index in [9.17, 15) is 9.59 Å². The number of hydrogen-bond acceptors (Lipinski definition) is 6. The van der Waals surface area contributed by atoms with Gasteiger partial charge in [0.2, 0.25) is 0 Å². The summed E-state index contributed by atoms with van der Waals surface area (Å²) >= 11 is 0. The zero-order chi connectivity index (χ0) is 20.1. The Morgan fingerprint density at radius 3 is 2.72 bits per heavy atom. The first-order valence-corrected chi connectivity index (χ1v) is 10.9. The molecule has 5 rings (SSSR count). The molecule has 4 atom stereocenters. The lowest BCUT2D eigenvalue weighted by atomic mass is 9.58. The lowest BCUT2D eigenvalue weighted by Gasteiger charge is -2.48. The van der Waals surface area contributed by atoms with Gasteiger partial charge in [-0.25, -0.2) is 0 Å². The summed E-state index contributed by atoms with van der Waals surface area (Å²) in [5, 5.41) is 1.90. The molecule has 0 aromatic heterocycles. The minimum atomic E-state index is -0.915. The summed E-state index contributed by atoms with van der Waals surface area (Å²) in [6.45, 7) is 1.16. The van der Waals surface area contributed by atoms with E-state index in [1.165, 1.54) is 0 Å². The Hall–Kier alpha value is -1.76. The van der Waals surface area contributed by atoms with E-state index in [1.54, 1.807) is 7.11 Å². The quantitative estimate of drug-likeness (QED) is 0.773. The highest BCUT2D eigenvalue weighted by atomic mass is 16.7. The number of ketones is 2. The van der Waals surface area contributed by atoms with Gasteiger partial charge in [-0.05, 0) is 62.1 Å². The van der Waals surface area contributed by atoms with Crippen molar-refractivity contribution in [2.45, 2.75) is 69.8 Å². The van der Waals surface area contributed by atoms with Gasteiger partial charge in [0.25, 0.3) is 0 Å². The molecule has 0 radical (unpaired) electrons. The van der Waals surface area contributed by atoms with E-state index < -0.39 is 11.0 Å². The van der Waals surface area contributed by atoms with Crippen molar-refractivity contribution < 1.29 is 23.9 Å². The van der Waals surface area contributed by atoms with Crippen molar-refractivity contribution in [1.82, 2.24) is 5.06 Å². The predicted molar refractivity (Wildman–Crippen MR) is 105 cm³/mol. The van der Waals surface area contributed by atoms with Crippen LogP contribution in [0.1, 0.15) is 56.9 Å². The van der Waals surface area contributed by atoms with Crippen LogP contribution in [0.3, 0.4) is 0 Å². The zero-order valence-corrected chi connectivity index (χ0v) is 17.0. The minimum Gasteiger partial charge on any atom is -0.497 e. The fourth-order valence-corrected chi connectivity index (χ4v) is 6.32. The third-order valence-electron chi connectivity index (χ3n) is 7.66. The van der Waals surface area contributed by atoms with Crippen LogP contribution in [0.5, 0.6) is 5.75 Å². The number of hydrogen-bond donors (Lipinski definition) is 0. The van der Waals surface area contributed by atoms with Gasteiger partial charge in [-0.1, -0.05) is 12.1 Å². The predicted octanol–water partition coefficient (Wildman–Crippen LogP) is 3.43. The summed E-state index contributed by atoms with van der Waals surface area (Å²) < 4.78 is 11.7. The summed E-state index contributed by atoms with van der Waals surface area (Å²) in [4.78, 5) is 32.5. The van der Waals surface area contributed by atoms with Gasteiger partial charge in [0, 0.05) is 19.4 Å². The molecule has 6 nitrogen and oxygen atoms in total. The first-order chi connectivity index (χ1) is 14.1. The number of rotatable bonds is 4. The van der Waals surface area contributed by atoms with E-state index in [1.807, 2.05) is 29.3 Å². The number of Topliss-reactive ketones (excluding diaryl/α,β-unsaturated/α-hetero) is 2. The molecule has 2 bridgehead atoms. The molecule has 1 aromatic carbocycles. The van der Waals surface area contributed by atoms with Crippen molar-refractivity contribution in [2.24, 2.45) is 11.3 Å². The smallest absolute Gasteiger partial charge is 0.166 e. The average Bonchev–Trinajstić information content (AvgIpc) is 3.28. The van der Waals surface area contributed by atoms with Crippen molar-refractivity contribution in [3.63, 3.8) is 0 Å². The number of carbonyl (C=O) groups is 2. The Labute approximate surface area is 171 Å². The minimum absolute atomic E-state index is 0.150. The standard InChI is InChI=1S/C23H29NO5/c1-27-18-8-6-16(7-9-18)15-28-24-13-3-11-22-17(4-2-5-19(22)25)14-20(26)23(22)12-10-21(24)29-23/h6-9,17,21H,2-5,10-15H2,1H3/t17-,21-,22+,23-/m0/s1. The average molecular weight is 399 g/mol. The van der Waals surface area contributed by atoms with Crippen LogP contribution in [0.2, 0.25) is 0 Å². The largest absolute Gasteiger partial charge is 0.497 e. The van der Waals surface area contributed by atoms with Gasteiger partial charge >= 0.3 is 0 Å². The molecule has 4 aliphatic rings. The Morgan fingerprint density at radius 1 is 1.10 bits per heavy atom. The third kappa shape index (κ3) is 2.80. The summed E-state index contributed by atoms with van der Waals surface area (Å²) in [5.74, 6) is 1.41. The molecule has 6 heteroatoms. The van der Waals surface area contributed by atoms with Gasteiger partial charge in [-0.3, -0.25) is 14.4 Å². The highest BCUT2D eigenvalue weighted by molar-refractivity contribution is 6.02. The Kier molecular flexibility index (Phi) is 4.76. The van der Waals surface area contributed by atoms with E-state index in [2.05, 4.69) is 0 Å². The summed E-state index contributed by atoms with van der Waals surface area (Å²) in [6, 6.07) is 7.81. The normalized spacial score (nSPS) is 37.0. The van der Waals surface area contributed by atoms with Gasteiger partial charge in [0.1, 0.15) is 23.4 Å². The second kappa shape index (κ2) is 7.18. The van der Waals surface area contributed by atoms with Gasteiger partial charge < -0.3 is 9.47 Å². The number of nitrogens with zero attached hydrogens (tertiary/aromatic N) is 1. The van der Waals surface area contributed by atoms with Crippen LogP contribution in [-0.2, 0) is 25.8 Å². The molecule has 4 fully saturated rings. The molecule has 2 heterocycles. The van der Waals surface area contributed by atoms with Crippen molar-refractivity contribution in [3.05, 3.63) is 29.8 Å². The first-order valence-electron chi connectivity index (χ1n) is 10.9. The molecule has 2 saturated heterocycles. The monoisotopic (exact) mass is 399 g/mol. The van der Waals surface area contributed by atoms with Crippen LogP contribution in [0.15, 0.2) is 24.3 Å². The highest BCUT2D eigenvalue weighted by Crippen LogP contribution is 2.63. The number of hydroxylamine groups is 2. The van der Waals surface area contributed by atoms with E-state index in [0.29, 0.717) is 32.4 Å². The molecule has 0 amide bonds. The van der Waals surface area contributed by atoms with Crippen LogP contribution >= 0.6 is 0 Å². The highest BCUT2D eigenvalue weighted by Gasteiger charge is 2.72. The Balaban J connectivity index is 1.35. The number of carbonyl (C=O) groups excluding carboxylic acids is 2. The molecule has 2 aliphatic heterocycles. The summed E-state index contributed by atoms with van der Waals surface area (Å²) in [6.07, 6.45) is 5.68. The van der Waals surface area contributed by atoms with Crippen molar-refractivity contribution in [3.8, 4) is 5.75 Å². The van der Waals surface area contributed by atoms with Crippen LogP contribution in [0, 0.1) is 11.3 Å². The maximum Gasteiger partial charge on any atom is 0.166 e. The van der Waals surface area contributed by atoms with Crippen LogP contribution in [-0.4, -0.2) is 42.1 Å². The van der Waals surface area contributed by atoms with E-state index in [0.717, 1.165) is 43.4 Å². The molecule has 2 spiro atoms. The van der Waals surface area contributed by atoms with Crippen LogP contribution in [0.25, 0.3) is 0 Å². The lowest BCUT2D eigenvalue weighted by molar-refractivity contribution is -0.281. The zero-order valence-electron chi connectivity index (χ0n) is 17.0. The van der Waals surface area contributed by atoms with Gasteiger partial charge in [-0.15, -0.1) is 0 Å². The maximum absolute atomic E-state index is 13.2. The summed E-state index contributed by atoms with van der Waals surface area (Å²) in [7, 11) is 1.65. The molecule has 29 heavy (non-hydrogen) atoms. The van der Waals surface area contributed by atoms with Crippen LogP contribution < -0.4 is 4.74 Å². The first kappa shape index (κ1) is 19.2. The second-order valence-electron chi connectivity index (χ2n) is 8.91. The lowest BCUT2D eigenvalue weighted by Crippen LogP contribution is -2.58. The van der Waals surface area contributed by atoms with E-state index in [-0.39, 0.29) is 23.7 Å². The molecule has 2 saturated carbocycles. The molecular formula is C23H29NO5. The number of benzene rings is 1. The van der Waals surface area contributed by atoms with Crippen molar-refractivity contribution in [1.29, 1.82) is 0 Å². The van der Waals surface area contributed by atoms with Crippen molar-refractivity contribution in [2.75, 3.05) is 13.7 Å². The molecule has 2 aliphatic carbocycles. The number of fused-ring (bicyclic) bond motifs is 1. The SMILES string of the molecule is COc1ccc(CON2CCC[C@]34C(=O)CCC[C@H]3CC(=O)[C@@]43CC[C@@H]2O3)cc1. The van der Waals surface area contributed by atoms with Gasteiger partial charge in [-0.2, -0.15) is 5.06 Å². The second-order valence-corrected chi connectivity index (χ2v) is 8.91. The van der Waals surface area contributed by atoms with Gasteiger partial charge in [0.15, 0.2) is 5.78 Å².